The quantitative estimate of drug-likeness (QED) is 0.845. The molecule has 4 heterocycles. The van der Waals surface area contributed by atoms with E-state index >= 15 is 0 Å². The van der Waals surface area contributed by atoms with Gasteiger partial charge in [-0.25, -0.2) is 0 Å². The lowest BCUT2D eigenvalue weighted by Gasteiger charge is -2.23. The highest BCUT2D eigenvalue weighted by Crippen LogP contribution is 2.43. The normalized spacial score (nSPS) is 27.7. The molecule has 4 rings (SSSR count). The van der Waals surface area contributed by atoms with E-state index in [0.29, 0.717) is 29.5 Å². The summed E-state index contributed by atoms with van der Waals surface area (Å²) in [4.78, 5) is 2.39. The number of fused-ring (bicyclic) bond motifs is 1. The van der Waals surface area contributed by atoms with Crippen LogP contribution in [0.25, 0.3) is 0 Å². The Kier molecular flexibility index (Phi) is 3.48. The first-order chi connectivity index (χ1) is 11.0. The summed E-state index contributed by atoms with van der Waals surface area (Å²) in [6.07, 6.45) is 0. The lowest BCUT2D eigenvalue weighted by atomic mass is 9.81. The summed E-state index contributed by atoms with van der Waals surface area (Å²) in [5.74, 6) is 1.68. The van der Waals surface area contributed by atoms with E-state index in [2.05, 4.69) is 20.2 Å². The van der Waals surface area contributed by atoms with Gasteiger partial charge >= 0.3 is 0 Å². The van der Waals surface area contributed by atoms with Gasteiger partial charge in [0.1, 0.15) is 5.15 Å². The van der Waals surface area contributed by atoms with Crippen LogP contribution in [0.1, 0.15) is 23.0 Å². The molecule has 0 radical (unpaired) electrons. The lowest BCUT2D eigenvalue weighted by Crippen LogP contribution is -2.36. The van der Waals surface area contributed by atoms with Gasteiger partial charge in [0.15, 0.2) is 0 Å². The Morgan fingerprint density at radius 3 is 2.83 bits per heavy atom. The number of aryl methyl sites for hydroxylation is 3. The molecule has 8 heteroatoms. The Morgan fingerprint density at radius 2 is 2.17 bits per heavy atom. The van der Waals surface area contributed by atoms with E-state index in [0.717, 1.165) is 37.5 Å². The number of hydrogen-bond donors (Lipinski definition) is 0. The van der Waals surface area contributed by atoms with Gasteiger partial charge < -0.3 is 9.15 Å². The molecule has 0 saturated carbocycles. The second-order valence-corrected chi connectivity index (χ2v) is 7.00. The highest BCUT2D eigenvalue weighted by Gasteiger charge is 2.55. The second-order valence-electron chi connectivity index (χ2n) is 6.64. The maximum Gasteiger partial charge on any atom is 0.226 e. The first-order valence-corrected chi connectivity index (χ1v) is 8.16. The summed E-state index contributed by atoms with van der Waals surface area (Å²) < 4.78 is 13.2. The predicted molar refractivity (Wildman–Crippen MR) is 83.3 cm³/mol. The summed E-state index contributed by atoms with van der Waals surface area (Å²) >= 11 is 6.38. The Hall–Kier alpha value is -1.44. The first-order valence-electron chi connectivity index (χ1n) is 7.78. The van der Waals surface area contributed by atoms with E-state index in [1.807, 2.05) is 20.9 Å². The Bertz CT molecular complexity index is 742. The summed E-state index contributed by atoms with van der Waals surface area (Å²) in [5.41, 5.74) is 1.88. The van der Waals surface area contributed by atoms with E-state index in [1.165, 1.54) is 0 Å². The van der Waals surface area contributed by atoms with Crippen molar-refractivity contribution < 1.29 is 9.15 Å². The van der Waals surface area contributed by atoms with Crippen LogP contribution in [0.3, 0.4) is 0 Å². The molecular formula is C15H20ClN5O2. The molecule has 0 aromatic carbocycles. The Labute approximate surface area is 139 Å². The molecule has 2 aromatic rings. The summed E-state index contributed by atoms with van der Waals surface area (Å²) in [5, 5.41) is 13.4. The van der Waals surface area contributed by atoms with Crippen LogP contribution in [-0.2, 0) is 23.7 Å². The number of aromatic nitrogens is 4. The topological polar surface area (TPSA) is 69.2 Å². The van der Waals surface area contributed by atoms with Crippen molar-refractivity contribution in [1.29, 1.82) is 0 Å². The van der Waals surface area contributed by atoms with Crippen LogP contribution in [0.15, 0.2) is 4.42 Å². The monoisotopic (exact) mass is 337 g/mol. The SMILES string of the molecule is Cc1nnc([C@@]23COC[C@@H]2CN(Cc2c(C)nn(C)c2Cl)C3)o1. The van der Waals surface area contributed by atoms with Crippen LogP contribution in [-0.4, -0.2) is 51.2 Å². The molecule has 2 fully saturated rings. The van der Waals surface area contributed by atoms with Crippen molar-refractivity contribution in [2.24, 2.45) is 13.0 Å². The maximum atomic E-state index is 6.38. The third kappa shape index (κ3) is 2.29. The molecule has 2 aliphatic rings. The van der Waals surface area contributed by atoms with Crippen molar-refractivity contribution in [3.63, 3.8) is 0 Å². The third-order valence-electron chi connectivity index (χ3n) is 5.05. The molecular weight excluding hydrogens is 318 g/mol. The van der Waals surface area contributed by atoms with Gasteiger partial charge in [0.25, 0.3) is 0 Å². The second kappa shape index (κ2) is 5.29. The molecule has 2 saturated heterocycles. The van der Waals surface area contributed by atoms with Crippen LogP contribution < -0.4 is 0 Å². The van der Waals surface area contributed by atoms with Gasteiger partial charge in [0.2, 0.25) is 11.8 Å². The highest BCUT2D eigenvalue weighted by atomic mass is 35.5. The van der Waals surface area contributed by atoms with Gasteiger partial charge in [-0.3, -0.25) is 9.58 Å². The van der Waals surface area contributed by atoms with E-state index < -0.39 is 0 Å². The van der Waals surface area contributed by atoms with Gasteiger partial charge in [-0.2, -0.15) is 5.10 Å². The number of rotatable bonds is 3. The number of halogens is 1. The number of ether oxygens (including phenoxy) is 1. The highest BCUT2D eigenvalue weighted by molar-refractivity contribution is 6.30. The van der Waals surface area contributed by atoms with E-state index in [9.17, 15) is 0 Å². The molecule has 0 aliphatic carbocycles. The average molecular weight is 338 g/mol. The van der Waals surface area contributed by atoms with Crippen LogP contribution in [0.2, 0.25) is 5.15 Å². The molecule has 2 aliphatic heterocycles. The van der Waals surface area contributed by atoms with Crippen molar-refractivity contribution in [2.75, 3.05) is 26.3 Å². The number of hydrogen-bond acceptors (Lipinski definition) is 6. The zero-order valence-corrected chi connectivity index (χ0v) is 14.3. The lowest BCUT2D eigenvalue weighted by molar-refractivity contribution is 0.140. The van der Waals surface area contributed by atoms with Crippen LogP contribution >= 0.6 is 11.6 Å². The Balaban J connectivity index is 1.60. The summed E-state index contributed by atoms with van der Waals surface area (Å²) in [6.45, 7) is 7.75. The third-order valence-corrected chi connectivity index (χ3v) is 5.52. The molecule has 0 N–H and O–H groups in total. The van der Waals surface area contributed by atoms with Gasteiger partial charge in [-0.05, 0) is 6.92 Å². The van der Waals surface area contributed by atoms with Crippen molar-refractivity contribution in [2.45, 2.75) is 25.8 Å². The van der Waals surface area contributed by atoms with Crippen molar-refractivity contribution in [1.82, 2.24) is 24.9 Å². The maximum absolute atomic E-state index is 6.38. The molecule has 0 bridgehead atoms. The number of likely N-dealkylation sites (tertiary alicyclic amines) is 1. The van der Waals surface area contributed by atoms with Gasteiger partial charge in [-0.1, -0.05) is 11.6 Å². The number of nitrogens with zero attached hydrogens (tertiary/aromatic N) is 5. The van der Waals surface area contributed by atoms with Gasteiger partial charge in [0.05, 0.1) is 24.3 Å². The molecule has 23 heavy (non-hydrogen) atoms. The van der Waals surface area contributed by atoms with Crippen molar-refractivity contribution >= 4 is 11.6 Å². The van der Waals surface area contributed by atoms with Gasteiger partial charge in [-0.15, -0.1) is 10.2 Å². The molecule has 0 unspecified atom stereocenters. The van der Waals surface area contributed by atoms with E-state index in [1.54, 1.807) is 4.68 Å². The van der Waals surface area contributed by atoms with Crippen molar-refractivity contribution in [3.05, 3.63) is 28.2 Å². The largest absolute Gasteiger partial charge is 0.425 e. The summed E-state index contributed by atoms with van der Waals surface area (Å²) in [7, 11) is 1.87. The fourth-order valence-corrected chi connectivity index (χ4v) is 4.07. The standard InChI is InChI=1S/C15H20ClN5O2/c1-9-12(13(16)20(3)19-9)5-21-4-11-6-22-8-15(11,7-21)14-18-17-10(2)23-14/h11H,4-8H2,1-3H3/t11-,15-/m0/s1. The Morgan fingerprint density at radius 1 is 1.35 bits per heavy atom. The molecule has 2 aromatic heterocycles. The molecule has 7 nitrogen and oxygen atoms in total. The molecule has 0 spiro atoms. The average Bonchev–Trinajstić information content (AvgIpc) is 3.20. The fraction of sp³-hybridized carbons (Fsp3) is 0.667. The zero-order valence-electron chi connectivity index (χ0n) is 13.5. The zero-order chi connectivity index (χ0) is 16.2. The van der Waals surface area contributed by atoms with Crippen LogP contribution in [0.4, 0.5) is 0 Å². The van der Waals surface area contributed by atoms with E-state index in [4.69, 9.17) is 20.8 Å². The minimum absolute atomic E-state index is 0.191. The molecule has 124 valence electrons. The van der Waals surface area contributed by atoms with Crippen LogP contribution in [0.5, 0.6) is 0 Å². The van der Waals surface area contributed by atoms with Gasteiger partial charge in [0, 0.05) is 45.1 Å². The minimum Gasteiger partial charge on any atom is -0.425 e. The summed E-state index contributed by atoms with van der Waals surface area (Å²) in [6, 6.07) is 0. The van der Waals surface area contributed by atoms with Crippen molar-refractivity contribution in [3.8, 4) is 0 Å². The predicted octanol–water partition coefficient (Wildman–Crippen LogP) is 1.47. The fourth-order valence-electron chi connectivity index (χ4n) is 3.84. The smallest absolute Gasteiger partial charge is 0.226 e. The minimum atomic E-state index is -0.191. The van der Waals surface area contributed by atoms with E-state index in [-0.39, 0.29) is 5.41 Å². The molecule has 0 amide bonds. The molecule has 2 atom stereocenters. The first kappa shape index (κ1) is 15.1. The van der Waals surface area contributed by atoms with Crippen LogP contribution in [0, 0.1) is 19.8 Å².